The van der Waals surface area contributed by atoms with Crippen LogP contribution < -0.4 is 4.74 Å². The maximum Gasteiger partial charge on any atom is 0.296 e. The smallest absolute Gasteiger partial charge is 0.296 e. The SMILES string of the molecule is O=Cc1nccc2c1OCC1=C(CCCC1)c1ccnn1CC2(F)F. The van der Waals surface area contributed by atoms with Gasteiger partial charge in [0.05, 0.1) is 11.3 Å². The van der Waals surface area contributed by atoms with Gasteiger partial charge in [-0.2, -0.15) is 13.9 Å². The topological polar surface area (TPSA) is 57.0 Å². The number of carbonyl (C=O) groups excluding carboxylic acids is 1. The van der Waals surface area contributed by atoms with Crippen molar-refractivity contribution >= 4 is 11.9 Å². The number of carbonyl (C=O) groups is 1. The van der Waals surface area contributed by atoms with E-state index in [-0.39, 0.29) is 23.6 Å². The fourth-order valence-corrected chi connectivity index (χ4v) is 3.57. The first kappa shape index (κ1) is 15.9. The Morgan fingerprint density at radius 3 is 2.88 bits per heavy atom. The van der Waals surface area contributed by atoms with Gasteiger partial charge in [0.1, 0.15) is 18.8 Å². The van der Waals surface area contributed by atoms with Crippen LogP contribution in [0.5, 0.6) is 5.75 Å². The monoisotopic (exact) mass is 345 g/mol. The third-order valence-corrected chi connectivity index (χ3v) is 4.78. The van der Waals surface area contributed by atoms with Crippen LogP contribution >= 0.6 is 0 Å². The van der Waals surface area contributed by atoms with Crippen molar-refractivity contribution in [2.24, 2.45) is 0 Å². The van der Waals surface area contributed by atoms with Crippen LogP contribution in [-0.4, -0.2) is 27.7 Å². The Morgan fingerprint density at radius 1 is 1.20 bits per heavy atom. The molecule has 130 valence electrons. The van der Waals surface area contributed by atoms with Gasteiger partial charge in [0.2, 0.25) is 0 Å². The number of hydrogen-bond donors (Lipinski definition) is 0. The zero-order valence-corrected chi connectivity index (χ0v) is 13.5. The molecule has 0 atom stereocenters. The maximum absolute atomic E-state index is 14.9. The lowest BCUT2D eigenvalue weighted by molar-refractivity contribution is -0.0281. The summed E-state index contributed by atoms with van der Waals surface area (Å²) in [5, 5.41) is 4.11. The van der Waals surface area contributed by atoms with E-state index in [1.54, 1.807) is 12.3 Å². The van der Waals surface area contributed by atoms with E-state index in [0.717, 1.165) is 42.5 Å². The molecule has 7 heteroatoms. The molecule has 0 unspecified atom stereocenters. The summed E-state index contributed by atoms with van der Waals surface area (Å²) in [6.45, 7) is -0.430. The van der Waals surface area contributed by atoms with Crippen molar-refractivity contribution in [1.29, 1.82) is 0 Å². The van der Waals surface area contributed by atoms with E-state index in [4.69, 9.17) is 4.74 Å². The van der Waals surface area contributed by atoms with Crippen LogP contribution in [0.15, 0.2) is 30.1 Å². The molecule has 0 fully saturated rings. The third kappa shape index (κ3) is 2.73. The highest BCUT2D eigenvalue weighted by Gasteiger charge is 2.38. The number of alkyl halides is 2. The van der Waals surface area contributed by atoms with Crippen LogP contribution in [-0.2, 0) is 12.5 Å². The second-order valence-corrected chi connectivity index (χ2v) is 6.35. The number of allylic oxidation sites excluding steroid dienone is 1. The maximum atomic E-state index is 14.9. The molecule has 2 aliphatic rings. The largest absolute Gasteiger partial charge is 0.486 e. The molecular formula is C18H17F2N3O2. The normalized spacial score (nSPS) is 19.3. The molecule has 2 aromatic heterocycles. The highest BCUT2D eigenvalue weighted by atomic mass is 19.3. The van der Waals surface area contributed by atoms with Crippen LogP contribution in [0.4, 0.5) is 8.78 Å². The molecule has 0 aromatic carbocycles. The zero-order chi connectivity index (χ0) is 17.4. The summed E-state index contributed by atoms with van der Waals surface area (Å²) in [6, 6.07) is 2.99. The first-order valence-electron chi connectivity index (χ1n) is 8.28. The van der Waals surface area contributed by atoms with Gasteiger partial charge in [-0.15, -0.1) is 0 Å². The van der Waals surface area contributed by atoms with Crippen molar-refractivity contribution < 1.29 is 18.3 Å². The average Bonchev–Trinajstić information content (AvgIpc) is 3.06. The number of aldehydes is 1. The zero-order valence-electron chi connectivity index (χ0n) is 13.5. The Labute approximate surface area is 143 Å². The third-order valence-electron chi connectivity index (χ3n) is 4.78. The van der Waals surface area contributed by atoms with Crippen molar-refractivity contribution in [3.63, 3.8) is 0 Å². The van der Waals surface area contributed by atoms with Gasteiger partial charge in [0.15, 0.2) is 12.0 Å². The number of hydrogen-bond acceptors (Lipinski definition) is 4. The van der Waals surface area contributed by atoms with Gasteiger partial charge in [0.25, 0.3) is 5.92 Å². The highest BCUT2D eigenvalue weighted by molar-refractivity contribution is 5.77. The average molecular weight is 345 g/mol. The van der Waals surface area contributed by atoms with Gasteiger partial charge < -0.3 is 4.74 Å². The van der Waals surface area contributed by atoms with Crippen molar-refractivity contribution in [1.82, 2.24) is 14.8 Å². The van der Waals surface area contributed by atoms with Gasteiger partial charge in [-0.3, -0.25) is 9.48 Å². The lowest BCUT2D eigenvalue weighted by Gasteiger charge is -2.27. The van der Waals surface area contributed by atoms with Crippen LogP contribution in [0.3, 0.4) is 0 Å². The fourth-order valence-electron chi connectivity index (χ4n) is 3.57. The molecule has 25 heavy (non-hydrogen) atoms. The van der Waals surface area contributed by atoms with Crippen LogP contribution in [0.1, 0.15) is 47.4 Å². The fraction of sp³-hybridized carbons (Fsp3) is 0.389. The Kier molecular flexibility index (Phi) is 3.86. The number of pyridine rings is 1. The lowest BCUT2D eigenvalue weighted by atomic mass is 9.90. The Bertz CT molecular complexity index is 858. The predicted octanol–water partition coefficient (Wildman–Crippen LogP) is 3.60. The Balaban J connectivity index is 1.91. The molecule has 2 aromatic rings. The number of ether oxygens (including phenoxy) is 1. The molecule has 0 saturated carbocycles. The summed E-state index contributed by atoms with van der Waals surface area (Å²) in [7, 11) is 0. The van der Waals surface area contributed by atoms with E-state index in [9.17, 15) is 13.6 Å². The molecule has 0 amide bonds. The summed E-state index contributed by atoms with van der Waals surface area (Å²) in [4.78, 5) is 15.1. The summed E-state index contributed by atoms with van der Waals surface area (Å²) in [6.07, 6.45) is 6.93. The van der Waals surface area contributed by atoms with Gasteiger partial charge in [-0.05, 0) is 49.0 Å². The van der Waals surface area contributed by atoms with Gasteiger partial charge in [0, 0.05) is 12.4 Å². The van der Waals surface area contributed by atoms with E-state index in [1.165, 1.54) is 16.9 Å². The second-order valence-electron chi connectivity index (χ2n) is 6.35. The molecular weight excluding hydrogens is 328 g/mol. The molecule has 0 saturated heterocycles. The molecule has 0 radical (unpaired) electrons. The van der Waals surface area contributed by atoms with Crippen LogP contribution in [0, 0.1) is 0 Å². The number of halogens is 2. The molecule has 0 spiro atoms. The predicted molar refractivity (Wildman–Crippen MR) is 86.6 cm³/mol. The lowest BCUT2D eigenvalue weighted by Crippen LogP contribution is -2.26. The molecule has 1 aliphatic heterocycles. The first-order valence-corrected chi connectivity index (χ1v) is 8.28. The number of rotatable bonds is 1. The molecule has 4 rings (SSSR count). The number of nitrogens with zero attached hydrogens (tertiary/aromatic N) is 3. The van der Waals surface area contributed by atoms with Gasteiger partial charge in [-0.25, -0.2) is 4.98 Å². The molecule has 3 heterocycles. The van der Waals surface area contributed by atoms with Crippen molar-refractivity contribution in [2.45, 2.75) is 38.2 Å². The molecule has 0 N–H and O–H groups in total. The first-order chi connectivity index (χ1) is 12.1. The van der Waals surface area contributed by atoms with Gasteiger partial charge in [-0.1, -0.05) is 0 Å². The van der Waals surface area contributed by atoms with E-state index >= 15 is 0 Å². The van der Waals surface area contributed by atoms with Crippen LogP contribution in [0.2, 0.25) is 0 Å². The van der Waals surface area contributed by atoms with E-state index in [0.29, 0.717) is 6.29 Å². The Hall–Kier alpha value is -2.57. The van der Waals surface area contributed by atoms with Crippen LogP contribution in [0.25, 0.3) is 5.57 Å². The summed E-state index contributed by atoms with van der Waals surface area (Å²) < 4.78 is 37.0. The summed E-state index contributed by atoms with van der Waals surface area (Å²) >= 11 is 0. The van der Waals surface area contributed by atoms with E-state index in [2.05, 4.69) is 10.1 Å². The van der Waals surface area contributed by atoms with Crippen molar-refractivity contribution in [3.05, 3.63) is 47.1 Å². The molecule has 0 bridgehead atoms. The molecule has 5 nitrogen and oxygen atoms in total. The van der Waals surface area contributed by atoms with E-state index < -0.39 is 12.5 Å². The summed E-state index contributed by atoms with van der Waals surface area (Å²) in [5.74, 6) is -3.36. The van der Waals surface area contributed by atoms with Crippen molar-refractivity contribution in [3.8, 4) is 5.75 Å². The second kappa shape index (κ2) is 6.06. The minimum Gasteiger partial charge on any atom is -0.486 e. The van der Waals surface area contributed by atoms with Gasteiger partial charge >= 0.3 is 0 Å². The molecule has 1 aliphatic carbocycles. The Morgan fingerprint density at radius 2 is 2.04 bits per heavy atom. The quantitative estimate of drug-likeness (QED) is 0.741. The summed E-state index contributed by atoms with van der Waals surface area (Å²) in [5.41, 5.74) is 2.40. The standard InChI is InChI=1S/C18H17F2N3O2/c19-18(20)11-23-16(6-8-22-23)13-4-2-1-3-12(13)10-25-17-14(18)5-7-21-15(17)9-24/h5-9H,1-4,10-11H2. The highest BCUT2D eigenvalue weighted by Crippen LogP contribution is 2.41. The number of fused-ring (bicyclic) bond motifs is 3. The van der Waals surface area contributed by atoms with Crippen molar-refractivity contribution in [2.75, 3.05) is 6.61 Å². The van der Waals surface area contributed by atoms with E-state index in [1.807, 2.05) is 0 Å². The minimum absolute atomic E-state index is 0.101. The minimum atomic E-state index is -3.23. The number of aromatic nitrogens is 3.